The van der Waals surface area contributed by atoms with Crippen molar-refractivity contribution in [3.63, 3.8) is 0 Å². The summed E-state index contributed by atoms with van der Waals surface area (Å²) in [6, 6.07) is 0. The van der Waals surface area contributed by atoms with Crippen molar-refractivity contribution in [3.05, 3.63) is 78.2 Å². The number of allylic oxidation sites excluding steroid dienone is 2. The highest BCUT2D eigenvalue weighted by molar-refractivity contribution is 5.72. The fourth-order valence-electron chi connectivity index (χ4n) is 6.95. The molecule has 1 saturated heterocycles. The monoisotopic (exact) mass is 598 g/mol. The highest BCUT2D eigenvalue weighted by Crippen LogP contribution is 2.39. The Balaban J connectivity index is 1.79. The molecule has 5 heterocycles. The summed E-state index contributed by atoms with van der Waals surface area (Å²) in [5.41, 5.74) is 13.6. The summed E-state index contributed by atoms with van der Waals surface area (Å²) >= 11 is 0. The zero-order chi connectivity index (χ0) is 31.7. The second-order valence-corrected chi connectivity index (χ2v) is 12.1. The maximum atomic E-state index is 12.2. The third-order valence-electron chi connectivity index (χ3n) is 9.71. The van der Waals surface area contributed by atoms with E-state index in [0.29, 0.717) is 25.7 Å². The molecule has 3 aromatic rings. The number of esters is 2. The second kappa shape index (κ2) is 12.8. The van der Waals surface area contributed by atoms with Gasteiger partial charge in [-0.25, -0.2) is 0 Å². The van der Waals surface area contributed by atoms with Crippen molar-refractivity contribution < 1.29 is 19.1 Å². The van der Waals surface area contributed by atoms with E-state index in [9.17, 15) is 9.59 Å². The number of aromatic amines is 3. The first-order chi connectivity index (χ1) is 21.1. The Bertz CT molecular complexity index is 1780. The van der Waals surface area contributed by atoms with Crippen molar-refractivity contribution in [1.82, 2.24) is 20.3 Å². The number of rotatable bonds is 8. The van der Waals surface area contributed by atoms with Gasteiger partial charge in [0, 0.05) is 69.5 Å². The van der Waals surface area contributed by atoms with Crippen LogP contribution >= 0.6 is 0 Å². The van der Waals surface area contributed by atoms with Gasteiger partial charge in [0.05, 0.1) is 14.2 Å². The van der Waals surface area contributed by atoms with Crippen molar-refractivity contribution >= 4 is 36.2 Å². The minimum atomic E-state index is -0.234. The van der Waals surface area contributed by atoms with Crippen molar-refractivity contribution in [2.45, 2.75) is 80.1 Å². The van der Waals surface area contributed by atoms with Crippen LogP contribution in [0.3, 0.4) is 0 Å². The largest absolute Gasteiger partial charge is 0.469 e. The van der Waals surface area contributed by atoms with Crippen LogP contribution in [0.1, 0.15) is 96.2 Å². The maximum absolute atomic E-state index is 12.2. The molecule has 2 unspecified atom stereocenters. The summed E-state index contributed by atoms with van der Waals surface area (Å²) in [5, 5.41) is 5.92. The zero-order valence-corrected chi connectivity index (χ0v) is 27.3. The first-order valence-electron chi connectivity index (χ1n) is 15.8. The van der Waals surface area contributed by atoms with E-state index in [2.05, 4.69) is 86.1 Å². The van der Waals surface area contributed by atoms with Crippen LogP contribution in [0.2, 0.25) is 0 Å². The number of ether oxygens (including phenoxy) is 2. The standard InChI is InChI=1S/C36H46N4O4/c1-9-23-19(3)27-15-28-21(5)25(11-13-35(41)43-7)33(39-28)18-34-26(12-14-36(42)44-8)22(6)30(40-34)17-32-24(10-2)20(4)29(38-32)16-31(23)37-27/h15-18,21,25,37-40H,9-14H2,1-8H3. The van der Waals surface area contributed by atoms with Crippen molar-refractivity contribution in [2.75, 3.05) is 14.2 Å². The number of nitrogens with one attached hydrogen (secondary N) is 4. The molecule has 8 nitrogen and oxygen atoms in total. The van der Waals surface area contributed by atoms with Gasteiger partial charge in [-0.3, -0.25) is 9.59 Å². The molecular weight excluding hydrogens is 552 g/mol. The molecule has 2 aliphatic heterocycles. The van der Waals surface area contributed by atoms with E-state index < -0.39 is 0 Å². The van der Waals surface area contributed by atoms with Crippen molar-refractivity contribution in [1.29, 1.82) is 0 Å². The Labute approximate surface area is 259 Å². The molecule has 0 radical (unpaired) electrons. The summed E-state index contributed by atoms with van der Waals surface area (Å²) in [7, 11) is 2.87. The van der Waals surface area contributed by atoms with Gasteiger partial charge in [0.25, 0.3) is 0 Å². The fraction of sp³-hybridized carbons (Fsp3) is 0.444. The van der Waals surface area contributed by atoms with E-state index >= 15 is 0 Å². The first kappa shape index (κ1) is 31.2. The van der Waals surface area contributed by atoms with Crippen molar-refractivity contribution in [3.8, 4) is 0 Å². The second-order valence-electron chi connectivity index (χ2n) is 12.1. The molecule has 0 aliphatic carbocycles. The van der Waals surface area contributed by atoms with Gasteiger partial charge in [-0.05, 0) is 104 Å². The van der Waals surface area contributed by atoms with Crippen molar-refractivity contribution in [2.24, 2.45) is 11.8 Å². The molecule has 234 valence electrons. The molecule has 2 aliphatic rings. The Morgan fingerprint density at radius 2 is 1.25 bits per heavy atom. The normalized spacial score (nSPS) is 17.3. The number of fused-ring (bicyclic) bond motifs is 8. The molecule has 44 heavy (non-hydrogen) atoms. The summed E-state index contributed by atoms with van der Waals surface area (Å²) < 4.78 is 9.97. The summed E-state index contributed by atoms with van der Waals surface area (Å²) in [4.78, 5) is 35.5. The minimum Gasteiger partial charge on any atom is -0.469 e. The molecular formula is C36H46N4O4. The lowest BCUT2D eigenvalue weighted by Crippen LogP contribution is -2.12. The SMILES string of the molecule is CCc1c2[nH]c(c1C)C=C1NC(=Cc3[nH]c(c(C)c3CCC(=O)OC)C=c3[nH]c(c(C)c3CC)=C2)C(CCC(=O)OC)C1C. The highest BCUT2D eigenvalue weighted by atomic mass is 16.5. The average Bonchev–Trinajstić information content (AvgIpc) is 3.67. The molecule has 1 fully saturated rings. The topological polar surface area (TPSA) is 112 Å². The molecule has 0 amide bonds. The van der Waals surface area contributed by atoms with E-state index in [1.54, 1.807) is 0 Å². The van der Waals surface area contributed by atoms with Gasteiger partial charge in [-0.2, -0.15) is 0 Å². The predicted molar refractivity (Wildman–Crippen MR) is 175 cm³/mol. The number of aromatic nitrogens is 3. The lowest BCUT2D eigenvalue weighted by molar-refractivity contribution is -0.141. The van der Waals surface area contributed by atoms with Gasteiger partial charge in [0.15, 0.2) is 0 Å². The van der Waals surface area contributed by atoms with Crippen LogP contribution in [-0.2, 0) is 38.3 Å². The van der Waals surface area contributed by atoms with Crippen LogP contribution < -0.4 is 16.0 Å². The first-order valence-corrected chi connectivity index (χ1v) is 15.8. The fourth-order valence-corrected chi connectivity index (χ4v) is 6.95. The Kier molecular flexibility index (Phi) is 9.09. The smallest absolute Gasteiger partial charge is 0.305 e. The molecule has 3 aromatic heterocycles. The summed E-state index contributed by atoms with van der Waals surface area (Å²) in [6.07, 6.45) is 12.5. The number of carbonyl (C=O) groups excluding carboxylic acids is 2. The number of hydrogen-bond donors (Lipinski definition) is 4. The lowest BCUT2D eigenvalue weighted by atomic mass is 9.88. The number of methoxy groups -OCH3 is 2. The van der Waals surface area contributed by atoms with E-state index in [-0.39, 0.29) is 23.8 Å². The highest BCUT2D eigenvalue weighted by Gasteiger charge is 2.33. The predicted octanol–water partition coefficient (Wildman–Crippen LogP) is 4.99. The lowest BCUT2D eigenvalue weighted by Gasteiger charge is -2.15. The summed E-state index contributed by atoms with van der Waals surface area (Å²) in [5.74, 6) is -0.198. The van der Waals surface area contributed by atoms with Gasteiger partial charge in [0.2, 0.25) is 0 Å². The molecule has 5 rings (SSSR count). The van der Waals surface area contributed by atoms with Gasteiger partial charge in [0.1, 0.15) is 0 Å². The van der Waals surface area contributed by atoms with Crippen LogP contribution in [0.25, 0.3) is 24.3 Å². The van der Waals surface area contributed by atoms with Crippen LogP contribution in [-0.4, -0.2) is 41.1 Å². The van der Waals surface area contributed by atoms with Crippen LogP contribution in [0.5, 0.6) is 0 Å². The van der Waals surface area contributed by atoms with Gasteiger partial charge in [-0.15, -0.1) is 0 Å². The van der Waals surface area contributed by atoms with E-state index in [1.165, 1.54) is 36.5 Å². The quantitative estimate of drug-likeness (QED) is 0.273. The van der Waals surface area contributed by atoms with Gasteiger partial charge >= 0.3 is 11.9 Å². The third kappa shape index (κ3) is 5.82. The van der Waals surface area contributed by atoms with Crippen LogP contribution in [0.15, 0.2) is 11.4 Å². The van der Waals surface area contributed by atoms with Crippen LogP contribution in [0, 0.1) is 32.6 Å². The van der Waals surface area contributed by atoms with Gasteiger partial charge < -0.3 is 29.7 Å². The minimum absolute atomic E-state index is 0.0901. The maximum Gasteiger partial charge on any atom is 0.305 e. The van der Waals surface area contributed by atoms with Gasteiger partial charge in [-0.1, -0.05) is 20.8 Å². The molecule has 8 bridgehead atoms. The van der Waals surface area contributed by atoms with E-state index in [4.69, 9.17) is 9.47 Å². The average molecular weight is 599 g/mol. The Morgan fingerprint density at radius 3 is 1.91 bits per heavy atom. The van der Waals surface area contributed by atoms with E-state index in [1.807, 2.05) is 0 Å². The Hall–Kier alpha value is -4.20. The summed E-state index contributed by atoms with van der Waals surface area (Å²) in [6.45, 7) is 13.1. The Morgan fingerprint density at radius 1 is 0.682 bits per heavy atom. The number of carbonyl (C=O) groups is 2. The molecule has 2 atom stereocenters. The molecule has 8 heteroatoms. The number of hydrogen-bond acceptors (Lipinski definition) is 5. The number of H-pyrrole nitrogens is 3. The molecule has 0 aromatic carbocycles. The molecule has 0 saturated carbocycles. The van der Waals surface area contributed by atoms with E-state index in [0.717, 1.165) is 68.8 Å². The molecule has 0 spiro atoms. The third-order valence-corrected chi connectivity index (χ3v) is 9.71. The zero-order valence-electron chi connectivity index (χ0n) is 27.3. The molecule has 4 N–H and O–H groups in total. The van der Waals surface area contributed by atoms with Crippen LogP contribution in [0.4, 0.5) is 0 Å².